The van der Waals surface area contributed by atoms with Crippen molar-refractivity contribution in [3.63, 3.8) is 0 Å². The summed E-state index contributed by atoms with van der Waals surface area (Å²) in [6.45, 7) is 5.81. The van der Waals surface area contributed by atoms with Gasteiger partial charge in [-0.3, -0.25) is 4.90 Å². The number of rotatable bonds is 3. The van der Waals surface area contributed by atoms with E-state index in [1.54, 1.807) is 0 Å². The summed E-state index contributed by atoms with van der Waals surface area (Å²) in [5, 5.41) is 0.602. The molecule has 2 aliphatic heterocycles. The predicted molar refractivity (Wildman–Crippen MR) is 85.0 cm³/mol. The van der Waals surface area contributed by atoms with Gasteiger partial charge in [0.1, 0.15) is 16.8 Å². The normalized spacial score (nSPS) is 29.7. The monoisotopic (exact) mass is 306 g/mol. The Morgan fingerprint density at radius 2 is 2.10 bits per heavy atom. The van der Waals surface area contributed by atoms with Gasteiger partial charge in [0.2, 0.25) is 0 Å². The Labute approximate surface area is 131 Å². The molecule has 21 heavy (non-hydrogen) atoms. The molecule has 2 saturated heterocycles. The highest BCUT2D eigenvalue weighted by atomic mass is 35.5. The quantitative estimate of drug-likeness (QED) is 0.803. The third-order valence-corrected chi connectivity index (χ3v) is 5.39. The lowest BCUT2D eigenvalue weighted by molar-refractivity contribution is 0.194. The van der Waals surface area contributed by atoms with Crippen molar-refractivity contribution in [1.29, 1.82) is 0 Å². The molecule has 0 amide bonds. The van der Waals surface area contributed by atoms with Gasteiger partial charge in [-0.2, -0.15) is 0 Å². The SMILES string of the molecule is CCC1CN2CCCC2CN1c1cc(Cl)nc(C2CC2)n1. The van der Waals surface area contributed by atoms with E-state index in [1.165, 1.54) is 38.8 Å². The third-order valence-electron chi connectivity index (χ3n) is 5.20. The zero-order valence-electron chi connectivity index (χ0n) is 12.6. The first kappa shape index (κ1) is 13.8. The van der Waals surface area contributed by atoms with E-state index in [1.807, 2.05) is 6.07 Å². The fraction of sp³-hybridized carbons (Fsp3) is 0.750. The van der Waals surface area contributed by atoms with Gasteiger partial charge in [0.05, 0.1) is 0 Å². The van der Waals surface area contributed by atoms with Crippen LogP contribution < -0.4 is 4.90 Å². The summed E-state index contributed by atoms with van der Waals surface area (Å²) < 4.78 is 0. The maximum absolute atomic E-state index is 6.26. The number of fused-ring (bicyclic) bond motifs is 1. The average molecular weight is 307 g/mol. The maximum atomic E-state index is 6.26. The van der Waals surface area contributed by atoms with Crippen molar-refractivity contribution in [3.05, 3.63) is 17.0 Å². The number of anilines is 1. The number of hydrogen-bond acceptors (Lipinski definition) is 4. The number of piperazine rings is 1. The largest absolute Gasteiger partial charge is 0.351 e. The molecule has 5 heteroatoms. The van der Waals surface area contributed by atoms with Crippen molar-refractivity contribution in [2.24, 2.45) is 0 Å². The average Bonchev–Trinajstić information content (AvgIpc) is 3.24. The Kier molecular flexibility index (Phi) is 3.54. The molecule has 0 radical (unpaired) electrons. The summed E-state index contributed by atoms with van der Waals surface area (Å²) in [7, 11) is 0. The fourth-order valence-corrected chi connectivity index (χ4v) is 4.00. The molecule has 0 bridgehead atoms. The molecule has 2 unspecified atom stereocenters. The molecule has 3 fully saturated rings. The third kappa shape index (κ3) is 2.64. The van der Waals surface area contributed by atoms with Crippen LogP contribution in [0.4, 0.5) is 5.82 Å². The van der Waals surface area contributed by atoms with Crippen molar-refractivity contribution in [2.45, 2.75) is 57.0 Å². The lowest BCUT2D eigenvalue weighted by Gasteiger charge is -2.44. The van der Waals surface area contributed by atoms with E-state index in [-0.39, 0.29) is 0 Å². The lowest BCUT2D eigenvalue weighted by Crippen LogP contribution is -2.56. The van der Waals surface area contributed by atoms with E-state index >= 15 is 0 Å². The van der Waals surface area contributed by atoms with Gasteiger partial charge in [-0.05, 0) is 38.6 Å². The maximum Gasteiger partial charge on any atom is 0.135 e. The first-order valence-corrected chi connectivity index (χ1v) is 8.67. The van der Waals surface area contributed by atoms with Crippen molar-refractivity contribution >= 4 is 17.4 Å². The van der Waals surface area contributed by atoms with Gasteiger partial charge < -0.3 is 4.90 Å². The van der Waals surface area contributed by atoms with Crippen molar-refractivity contribution in [1.82, 2.24) is 14.9 Å². The van der Waals surface area contributed by atoms with Crippen LogP contribution in [0.25, 0.3) is 0 Å². The Bertz CT molecular complexity index is 531. The van der Waals surface area contributed by atoms with Crippen LogP contribution >= 0.6 is 11.6 Å². The molecule has 3 aliphatic rings. The van der Waals surface area contributed by atoms with Crippen LogP contribution in [0, 0.1) is 0 Å². The summed E-state index contributed by atoms with van der Waals surface area (Å²) in [4.78, 5) is 14.4. The highest BCUT2D eigenvalue weighted by Gasteiger charge is 2.37. The standard InChI is InChI=1S/C16H23ClN4/c1-2-12-9-20-7-3-4-13(20)10-21(12)15-8-14(17)18-16(19-15)11-5-6-11/h8,11-13H,2-7,9-10H2,1H3. The van der Waals surface area contributed by atoms with E-state index in [0.717, 1.165) is 24.6 Å². The summed E-state index contributed by atoms with van der Waals surface area (Å²) in [5.41, 5.74) is 0. The Morgan fingerprint density at radius 1 is 1.24 bits per heavy atom. The van der Waals surface area contributed by atoms with Gasteiger partial charge in [-0.1, -0.05) is 18.5 Å². The molecule has 0 N–H and O–H groups in total. The van der Waals surface area contributed by atoms with Gasteiger partial charge >= 0.3 is 0 Å². The molecule has 4 nitrogen and oxygen atoms in total. The van der Waals surface area contributed by atoms with E-state index in [2.05, 4.69) is 21.7 Å². The van der Waals surface area contributed by atoms with Gasteiger partial charge in [0, 0.05) is 37.2 Å². The van der Waals surface area contributed by atoms with Crippen LogP contribution in [0.1, 0.15) is 50.8 Å². The van der Waals surface area contributed by atoms with E-state index in [9.17, 15) is 0 Å². The number of aromatic nitrogens is 2. The summed E-state index contributed by atoms with van der Waals surface area (Å²) in [6, 6.07) is 3.21. The highest BCUT2D eigenvalue weighted by molar-refractivity contribution is 6.29. The molecule has 2 atom stereocenters. The molecule has 1 aromatic rings. The molecule has 3 heterocycles. The van der Waals surface area contributed by atoms with Crippen molar-refractivity contribution < 1.29 is 0 Å². The summed E-state index contributed by atoms with van der Waals surface area (Å²) in [5.74, 6) is 2.56. The summed E-state index contributed by atoms with van der Waals surface area (Å²) in [6.07, 6.45) is 6.25. The zero-order valence-corrected chi connectivity index (χ0v) is 13.4. The second-order valence-corrected chi connectivity index (χ2v) is 7.07. The van der Waals surface area contributed by atoms with Crippen LogP contribution in [0.3, 0.4) is 0 Å². The van der Waals surface area contributed by atoms with Gasteiger partial charge in [-0.15, -0.1) is 0 Å². The molecular formula is C16H23ClN4. The zero-order chi connectivity index (χ0) is 14.4. The highest BCUT2D eigenvalue weighted by Crippen LogP contribution is 2.39. The van der Waals surface area contributed by atoms with E-state index in [0.29, 0.717) is 23.2 Å². The molecule has 1 aliphatic carbocycles. The van der Waals surface area contributed by atoms with Crippen LogP contribution in [0.15, 0.2) is 6.07 Å². The minimum atomic E-state index is 0.551. The van der Waals surface area contributed by atoms with E-state index < -0.39 is 0 Å². The first-order chi connectivity index (χ1) is 10.2. The van der Waals surface area contributed by atoms with Gasteiger partial charge in [-0.25, -0.2) is 9.97 Å². The van der Waals surface area contributed by atoms with Crippen molar-refractivity contribution in [2.75, 3.05) is 24.5 Å². The predicted octanol–water partition coefficient (Wildman–Crippen LogP) is 3.07. The topological polar surface area (TPSA) is 32.3 Å². The number of hydrogen-bond donors (Lipinski definition) is 0. The van der Waals surface area contributed by atoms with Crippen molar-refractivity contribution in [3.8, 4) is 0 Å². The molecule has 0 spiro atoms. The number of nitrogens with zero attached hydrogens (tertiary/aromatic N) is 4. The van der Waals surface area contributed by atoms with Gasteiger partial charge in [0.25, 0.3) is 0 Å². The Balaban J connectivity index is 1.63. The fourth-order valence-electron chi connectivity index (χ4n) is 3.81. The number of halogens is 1. The molecular weight excluding hydrogens is 284 g/mol. The molecule has 1 saturated carbocycles. The second-order valence-electron chi connectivity index (χ2n) is 6.69. The molecule has 4 rings (SSSR count). The summed E-state index contributed by atoms with van der Waals surface area (Å²) >= 11 is 6.26. The van der Waals surface area contributed by atoms with Crippen LogP contribution in [0.5, 0.6) is 0 Å². The van der Waals surface area contributed by atoms with Crippen LogP contribution in [-0.2, 0) is 0 Å². The molecule has 1 aromatic heterocycles. The van der Waals surface area contributed by atoms with E-state index in [4.69, 9.17) is 16.6 Å². The minimum Gasteiger partial charge on any atom is -0.351 e. The Hall–Kier alpha value is -0.870. The van der Waals surface area contributed by atoms with Crippen LogP contribution in [-0.4, -0.2) is 46.6 Å². The minimum absolute atomic E-state index is 0.551. The second kappa shape index (κ2) is 5.40. The molecule has 0 aromatic carbocycles. The first-order valence-electron chi connectivity index (χ1n) is 8.29. The lowest BCUT2D eigenvalue weighted by atomic mass is 10.1. The molecule has 114 valence electrons. The van der Waals surface area contributed by atoms with Gasteiger partial charge in [0.15, 0.2) is 0 Å². The Morgan fingerprint density at radius 3 is 2.86 bits per heavy atom. The smallest absolute Gasteiger partial charge is 0.135 e. The van der Waals surface area contributed by atoms with Crippen LogP contribution in [0.2, 0.25) is 5.15 Å².